The zero-order valence-electron chi connectivity index (χ0n) is 11.2. The van der Waals surface area contributed by atoms with Gasteiger partial charge in [-0.15, -0.1) is 17.5 Å². The average Bonchev–Trinajstić information content (AvgIpc) is 2.80. The van der Waals surface area contributed by atoms with Crippen molar-refractivity contribution in [2.75, 3.05) is 0 Å². The summed E-state index contributed by atoms with van der Waals surface area (Å²) in [7, 11) is 0. The summed E-state index contributed by atoms with van der Waals surface area (Å²) < 4.78 is 1.58. The molecule has 0 aliphatic rings. The van der Waals surface area contributed by atoms with E-state index in [-0.39, 0.29) is 18.1 Å². The topological polar surface area (TPSA) is 80.9 Å². The van der Waals surface area contributed by atoms with E-state index in [4.69, 9.17) is 5.11 Å². The highest BCUT2D eigenvalue weighted by Crippen LogP contribution is 2.15. The molecule has 0 unspecified atom stereocenters. The molecule has 0 amide bonds. The Morgan fingerprint density at radius 3 is 2.86 bits per heavy atom. The van der Waals surface area contributed by atoms with Crippen molar-refractivity contribution in [3.05, 3.63) is 53.5 Å². The molecule has 0 saturated carbocycles. The van der Waals surface area contributed by atoms with E-state index in [1.165, 1.54) is 0 Å². The van der Waals surface area contributed by atoms with Crippen molar-refractivity contribution >= 4 is 29.3 Å². The Hall–Kier alpha value is -2.47. The molecule has 0 atom stereocenters. The third-order valence-electron chi connectivity index (χ3n) is 3.18. The molecule has 3 rings (SSSR count). The summed E-state index contributed by atoms with van der Waals surface area (Å²) in [4.78, 5) is 15.2. The van der Waals surface area contributed by atoms with Gasteiger partial charge in [-0.3, -0.25) is 4.98 Å². The molecule has 0 aliphatic carbocycles. The third-order valence-corrected chi connectivity index (χ3v) is 3.18. The maximum absolute atomic E-state index is 10.9. The Morgan fingerprint density at radius 2 is 2.14 bits per heavy atom. The second kappa shape index (κ2) is 5.88. The van der Waals surface area contributed by atoms with Gasteiger partial charge in [-0.25, -0.2) is 9.48 Å². The number of aromatic carboxylic acids is 1. The minimum Gasteiger partial charge on any atom is -0.476 e. The second-order valence-corrected chi connectivity index (χ2v) is 4.52. The standard InChI is InChI=1S/C14H12N4O2.ClH/c1-9-13(14(19)20)16-17-18(9)8-10-4-5-12-11(7-10)3-2-6-15-12;/h2-7H,8H2,1H3,(H,19,20);1H. The van der Waals surface area contributed by atoms with E-state index in [9.17, 15) is 4.79 Å². The molecule has 0 radical (unpaired) electrons. The lowest BCUT2D eigenvalue weighted by Gasteiger charge is -2.05. The molecular formula is C14H13ClN4O2. The van der Waals surface area contributed by atoms with Crippen molar-refractivity contribution in [3.8, 4) is 0 Å². The molecule has 2 aromatic heterocycles. The fourth-order valence-corrected chi connectivity index (χ4v) is 2.10. The molecule has 21 heavy (non-hydrogen) atoms. The van der Waals surface area contributed by atoms with Crippen LogP contribution in [-0.2, 0) is 6.54 Å². The van der Waals surface area contributed by atoms with Crippen LogP contribution in [0.1, 0.15) is 21.7 Å². The van der Waals surface area contributed by atoms with Crippen molar-refractivity contribution in [1.29, 1.82) is 0 Å². The number of benzene rings is 1. The van der Waals surface area contributed by atoms with Gasteiger partial charge in [-0.2, -0.15) is 0 Å². The maximum atomic E-state index is 10.9. The predicted octanol–water partition coefficient (Wildman–Crippen LogP) is 2.30. The molecule has 1 aromatic carbocycles. The normalized spacial score (nSPS) is 10.3. The smallest absolute Gasteiger partial charge is 0.358 e. The van der Waals surface area contributed by atoms with E-state index in [0.717, 1.165) is 16.5 Å². The van der Waals surface area contributed by atoms with Crippen LogP contribution in [0.15, 0.2) is 36.5 Å². The summed E-state index contributed by atoms with van der Waals surface area (Å²) >= 11 is 0. The first-order valence-corrected chi connectivity index (χ1v) is 6.12. The Labute approximate surface area is 126 Å². The molecular weight excluding hydrogens is 292 g/mol. The SMILES string of the molecule is Cc1c(C(=O)O)nnn1Cc1ccc2ncccc2c1.Cl. The maximum Gasteiger partial charge on any atom is 0.358 e. The lowest BCUT2D eigenvalue weighted by Crippen LogP contribution is -2.05. The molecule has 0 bridgehead atoms. The number of hydrogen-bond acceptors (Lipinski definition) is 4. The largest absolute Gasteiger partial charge is 0.476 e. The number of rotatable bonds is 3. The summed E-state index contributed by atoms with van der Waals surface area (Å²) in [5, 5.41) is 17.6. The van der Waals surface area contributed by atoms with Crippen LogP contribution in [0.2, 0.25) is 0 Å². The van der Waals surface area contributed by atoms with Gasteiger partial charge in [-0.1, -0.05) is 17.3 Å². The van der Waals surface area contributed by atoms with Gasteiger partial charge in [0.2, 0.25) is 0 Å². The number of pyridine rings is 1. The molecule has 0 fully saturated rings. The van der Waals surface area contributed by atoms with Crippen molar-refractivity contribution in [2.24, 2.45) is 0 Å². The molecule has 108 valence electrons. The Bertz CT molecular complexity index is 801. The zero-order chi connectivity index (χ0) is 14.1. The highest BCUT2D eigenvalue weighted by atomic mass is 35.5. The van der Waals surface area contributed by atoms with Gasteiger partial charge >= 0.3 is 5.97 Å². The Kier molecular flexibility index (Phi) is 4.18. The van der Waals surface area contributed by atoms with Crippen molar-refractivity contribution in [3.63, 3.8) is 0 Å². The minimum atomic E-state index is -1.06. The first-order chi connectivity index (χ1) is 9.65. The van der Waals surface area contributed by atoms with Crippen LogP contribution in [0.5, 0.6) is 0 Å². The zero-order valence-corrected chi connectivity index (χ0v) is 12.0. The van der Waals surface area contributed by atoms with Crippen LogP contribution in [0.4, 0.5) is 0 Å². The minimum absolute atomic E-state index is 0. The summed E-state index contributed by atoms with van der Waals surface area (Å²) in [6.45, 7) is 2.18. The van der Waals surface area contributed by atoms with Crippen molar-refractivity contribution < 1.29 is 9.90 Å². The number of carboxylic acid groups (broad SMARTS) is 1. The van der Waals surface area contributed by atoms with Crippen LogP contribution in [0.3, 0.4) is 0 Å². The number of carbonyl (C=O) groups is 1. The van der Waals surface area contributed by atoms with Crippen LogP contribution < -0.4 is 0 Å². The summed E-state index contributed by atoms with van der Waals surface area (Å²) in [5.41, 5.74) is 2.49. The molecule has 0 aliphatic heterocycles. The van der Waals surface area contributed by atoms with E-state index >= 15 is 0 Å². The van der Waals surface area contributed by atoms with E-state index < -0.39 is 5.97 Å². The monoisotopic (exact) mass is 304 g/mol. The molecule has 0 spiro atoms. The van der Waals surface area contributed by atoms with Crippen molar-refractivity contribution in [2.45, 2.75) is 13.5 Å². The Balaban J connectivity index is 0.00000161. The summed E-state index contributed by atoms with van der Waals surface area (Å²) in [5.74, 6) is -1.06. The first kappa shape index (κ1) is 14.9. The summed E-state index contributed by atoms with van der Waals surface area (Å²) in [6.07, 6.45) is 1.75. The number of aromatic nitrogens is 4. The number of carboxylic acids is 1. The average molecular weight is 305 g/mol. The highest BCUT2D eigenvalue weighted by molar-refractivity contribution is 5.86. The van der Waals surface area contributed by atoms with Gasteiger partial charge in [0.15, 0.2) is 5.69 Å². The highest BCUT2D eigenvalue weighted by Gasteiger charge is 2.15. The fraction of sp³-hybridized carbons (Fsp3) is 0.143. The molecule has 7 heteroatoms. The van der Waals surface area contributed by atoms with Crippen LogP contribution in [0, 0.1) is 6.92 Å². The quantitative estimate of drug-likeness (QED) is 0.803. The van der Waals surface area contributed by atoms with Gasteiger partial charge < -0.3 is 5.11 Å². The fourth-order valence-electron chi connectivity index (χ4n) is 2.10. The molecule has 3 aromatic rings. The van der Waals surface area contributed by atoms with E-state index in [1.54, 1.807) is 17.8 Å². The predicted molar refractivity (Wildman–Crippen MR) is 79.8 cm³/mol. The van der Waals surface area contributed by atoms with Gasteiger partial charge in [-0.05, 0) is 30.7 Å². The van der Waals surface area contributed by atoms with Crippen LogP contribution in [0.25, 0.3) is 10.9 Å². The van der Waals surface area contributed by atoms with E-state index in [1.807, 2.05) is 30.3 Å². The second-order valence-electron chi connectivity index (χ2n) is 4.52. The molecule has 0 saturated heterocycles. The van der Waals surface area contributed by atoms with Crippen molar-refractivity contribution in [1.82, 2.24) is 20.0 Å². The lowest BCUT2D eigenvalue weighted by molar-refractivity contribution is 0.0689. The Morgan fingerprint density at radius 1 is 1.33 bits per heavy atom. The lowest BCUT2D eigenvalue weighted by atomic mass is 10.1. The van der Waals surface area contributed by atoms with E-state index in [0.29, 0.717) is 12.2 Å². The number of fused-ring (bicyclic) bond motifs is 1. The summed E-state index contributed by atoms with van der Waals surface area (Å²) in [6, 6.07) is 9.79. The van der Waals surface area contributed by atoms with Crippen LogP contribution >= 0.6 is 12.4 Å². The van der Waals surface area contributed by atoms with Crippen LogP contribution in [-0.4, -0.2) is 31.1 Å². The number of halogens is 1. The van der Waals surface area contributed by atoms with Gasteiger partial charge in [0.25, 0.3) is 0 Å². The van der Waals surface area contributed by atoms with E-state index in [2.05, 4.69) is 15.3 Å². The molecule has 2 heterocycles. The number of nitrogens with zero attached hydrogens (tertiary/aromatic N) is 4. The van der Waals surface area contributed by atoms with Gasteiger partial charge in [0.05, 0.1) is 17.8 Å². The third kappa shape index (κ3) is 2.85. The van der Waals surface area contributed by atoms with Gasteiger partial charge in [0.1, 0.15) is 0 Å². The first-order valence-electron chi connectivity index (χ1n) is 6.12. The number of hydrogen-bond donors (Lipinski definition) is 1. The molecule has 6 nitrogen and oxygen atoms in total. The molecule has 1 N–H and O–H groups in total. The van der Waals surface area contributed by atoms with Gasteiger partial charge in [0, 0.05) is 11.6 Å².